The third-order valence-corrected chi connectivity index (χ3v) is 3.74. The molecule has 1 fully saturated rings. The summed E-state index contributed by atoms with van der Waals surface area (Å²) in [5, 5.41) is 8.50. The Labute approximate surface area is 104 Å². The van der Waals surface area contributed by atoms with E-state index in [0.717, 1.165) is 24.6 Å². The van der Waals surface area contributed by atoms with Crippen LogP contribution in [0.5, 0.6) is 0 Å². The molecule has 4 nitrogen and oxygen atoms in total. The maximum atomic E-state index is 4.29. The molecule has 2 rings (SSSR count). The lowest BCUT2D eigenvalue weighted by molar-refractivity contribution is 0.249. The quantitative estimate of drug-likeness (QED) is 0.778. The van der Waals surface area contributed by atoms with Gasteiger partial charge in [0.1, 0.15) is 0 Å². The maximum absolute atomic E-state index is 4.29. The molecule has 0 N–H and O–H groups in total. The fourth-order valence-electron chi connectivity index (χ4n) is 2.30. The minimum absolute atomic E-state index is 0.714. The Morgan fingerprint density at radius 1 is 1.18 bits per heavy atom. The Morgan fingerprint density at radius 3 is 2.35 bits per heavy atom. The number of nitrogens with zero attached hydrogens (tertiary/aromatic N) is 4. The lowest BCUT2D eigenvalue weighted by Crippen LogP contribution is -2.42. The van der Waals surface area contributed by atoms with Gasteiger partial charge < -0.3 is 9.80 Å². The largest absolute Gasteiger partial charge is 0.355 e. The third kappa shape index (κ3) is 2.75. The predicted molar refractivity (Wildman–Crippen MR) is 70.4 cm³/mol. The Kier molecular flexibility index (Phi) is 3.62. The molecule has 0 saturated carbocycles. The molecule has 1 aromatic heterocycles. The Balaban J connectivity index is 2.03. The van der Waals surface area contributed by atoms with Crippen LogP contribution in [0.1, 0.15) is 24.1 Å². The molecule has 0 spiro atoms. The van der Waals surface area contributed by atoms with Gasteiger partial charge in [-0.25, -0.2) is 0 Å². The molecule has 0 atom stereocenters. The van der Waals surface area contributed by atoms with Gasteiger partial charge in [-0.3, -0.25) is 0 Å². The number of aromatic nitrogens is 2. The first-order chi connectivity index (χ1) is 8.08. The van der Waals surface area contributed by atoms with Crippen LogP contribution in [-0.4, -0.2) is 48.3 Å². The Bertz CT molecular complexity index is 381. The zero-order valence-electron chi connectivity index (χ0n) is 11.3. The number of anilines is 1. The minimum Gasteiger partial charge on any atom is -0.355 e. The van der Waals surface area contributed by atoms with E-state index in [1.54, 1.807) is 0 Å². The van der Waals surface area contributed by atoms with E-state index in [9.17, 15) is 0 Å². The van der Waals surface area contributed by atoms with E-state index in [2.05, 4.69) is 47.1 Å². The van der Waals surface area contributed by atoms with Crippen molar-refractivity contribution >= 4 is 5.82 Å². The van der Waals surface area contributed by atoms with Crippen molar-refractivity contribution in [3.63, 3.8) is 0 Å². The molecule has 17 heavy (non-hydrogen) atoms. The SMILES string of the molecule is Cc1cc(N2CCC(N(C)C)CC2)nnc1C. The highest BCUT2D eigenvalue weighted by Crippen LogP contribution is 2.20. The van der Waals surface area contributed by atoms with Crippen molar-refractivity contribution in [2.75, 3.05) is 32.1 Å². The van der Waals surface area contributed by atoms with Crippen LogP contribution in [0, 0.1) is 13.8 Å². The average molecular weight is 234 g/mol. The van der Waals surface area contributed by atoms with Gasteiger partial charge in [-0.2, -0.15) is 5.10 Å². The lowest BCUT2D eigenvalue weighted by atomic mass is 10.0. The second-order valence-corrected chi connectivity index (χ2v) is 5.15. The van der Waals surface area contributed by atoms with Gasteiger partial charge in [0, 0.05) is 19.1 Å². The van der Waals surface area contributed by atoms with Gasteiger partial charge in [0.05, 0.1) is 5.69 Å². The molecule has 1 aromatic rings. The summed E-state index contributed by atoms with van der Waals surface area (Å²) in [7, 11) is 4.33. The van der Waals surface area contributed by atoms with E-state index in [1.807, 2.05) is 6.92 Å². The number of rotatable bonds is 2. The van der Waals surface area contributed by atoms with E-state index < -0.39 is 0 Å². The molecule has 2 heterocycles. The molecular formula is C13H22N4. The first-order valence-electron chi connectivity index (χ1n) is 6.30. The summed E-state index contributed by atoms with van der Waals surface area (Å²) in [5.74, 6) is 1.03. The molecule has 4 heteroatoms. The molecule has 1 aliphatic rings. The van der Waals surface area contributed by atoms with Crippen LogP contribution in [0.25, 0.3) is 0 Å². The monoisotopic (exact) mass is 234 g/mol. The van der Waals surface area contributed by atoms with Crippen LogP contribution < -0.4 is 4.90 Å². The van der Waals surface area contributed by atoms with E-state index in [4.69, 9.17) is 0 Å². The van der Waals surface area contributed by atoms with Crippen molar-refractivity contribution in [2.45, 2.75) is 32.7 Å². The minimum atomic E-state index is 0.714. The van der Waals surface area contributed by atoms with Gasteiger partial charge in [0.25, 0.3) is 0 Å². The second kappa shape index (κ2) is 5.00. The topological polar surface area (TPSA) is 32.3 Å². The summed E-state index contributed by atoms with van der Waals surface area (Å²) in [6.45, 7) is 6.27. The van der Waals surface area contributed by atoms with Crippen LogP contribution in [0.15, 0.2) is 6.07 Å². The molecule has 0 radical (unpaired) electrons. The van der Waals surface area contributed by atoms with Gasteiger partial charge in [-0.1, -0.05) is 0 Å². The van der Waals surface area contributed by atoms with E-state index in [-0.39, 0.29) is 0 Å². The van der Waals surface area contributed by atoms with Crippen LogP contribution in [0.4, 0.5) is 5.82 Å². The highest BCUT2D eigenvalue weighted by Gasteiger charge is 2.21. The van der Waals surface area contributed by atoms with Gasteiger partial charge in [-0.05, 0) is 52.4 Å². The summed E-state index contributed by atoms with van der Waals surface area (Å²) < 4.78 is 0. The van der Waals surface area contributed by atoms with Gasteiger partial charge in [0.2, 0.25) is 0 Å². The van der Waals surface area contributed by atoms with Crippen LogP contribution in [0.3, 0.4) is 0 Å². The highest BCUT2D eigenvalue weighted by atomic mass is 15.3. The van der Waals surface area contributed by atoms with Crippen molar-refractivity contribution in [1.82, 2.24) is 15.1 Å². The van der Waals surface area contributed by atoms with E-state index in [1.165, 1.54) is 18.4 Å². The fraction of sp³-hybridized carbons (Fsp3) is 0.692. The van der Waals surface area contributed by atoms with Crippen LogP contribution in [0.2, 0.25) is 0 Å². The summed E-state index contributed by atoms with van der Waals surface area (Å²) in [6.07, 6.45) is 2.42. The highest BCUT2D eigenvalue weighted by molar-refractivity contribution is 5.41. The molecule has 1 saturated heterocycles. The maximum Gasteiger partial charge on any atom is 0.151 e. The zero-order chi connectivity index (χ0) is 12.4. The summed E-state index contributed by atoms with van der Waals surface area (Å²) in [4.78, 5) is 4.67. The van der Waals surface area contributed by atoms with Crippen LogP contribution in [-0.2, 0) is 0 Å². The van der Waals surface area contributed by atoms with Crippen molar-refractivity contribution in [1.29, 1.82) is 0 Å². The molecule has 0 bridgehead atoms. The fourth-order valence-corrected chi connectivity index (χ4v) is 2.30. The normalized spacial score (nSPS) is 17.8. The first kappa shape index (κ1) is 12.3. The number of hydrogen-bond donors (Lipinski definition) is 0. The lowest BCUT2D eigenvalue weighted by Gasteiger charge is -2.35. The van der Waals surface area contributed by atoms with Gasteiger partial charge in [-0.15, -0.1) is 5.10 Å². The summed E-state index contributed by atoms with van der Waals surface area (Å²) >= 11 is 0. The Morgan fingerprint density at radius 2 is 1.82 bits per heavy atom. The molecule has 0 aromatic carbocycles. The molecule has 0 amide bonds. The molecule has 0 aliphatic carbocycles. The van der Waals surface area contributed by atoms with E-state index in [0.29, 0.717) is 6.04 Å². The summed E-state index contributed by atoms with van der Waals surface area (Å²) in [6, 6.07) is 2.86. The number of piperidine rings is 1. The molecule has 0 unspecified atom stereocenters. The van der Waals surface area contributed by atoms with Gasteiger partial charge in [0.15, 0.2) is 5.82 Å². The van der Waals surface area contributed by atoms with Crippen molar-refractivity contribution in [3.8, 4) is 0 Å². The van der Waals surface area contributed by atoms with Gasteiger partial charge >= 0.3 is 0 Å². The molecular weight excluding hydrogens is 212 g/mol. The third-order valence-electron chi connectivity index (χ3n) is 3.74. The van der Waals surface area contributed by atoms with E-state index >= 15 is 0 Å². The molecule has 94 valence electrons. The molecule has 1 aliphatic heterocycles. The van der Waals surface area contributed by atoms with Crippen molar-refractivity contribution < 1.29 is 0 Å². The van der Waals surface area contributed by atoms with Crippen molar-refractivity contribution in [3.05, 3.63) is 17.3 Å². The second-order valence-electron chi connectivity index (χ2n) is 5.15. The predicted octanol–water partition coefficient (Wildman–Crippen LogP) is 1.62. The zero-order valence-corrected chi connectivity index (χ0v) is 11.3. The summed E-state index contributed by atoms with van der Waals surface area (Å²) in [5.41, 5.74) is 2.25. The average Bonchev–Trinajstić information content (AvgIpc) is 2.33. The standard InChI is InChI=1S/C13H22N4/c1-10-9-13(15-14-11(10)2)17-7-5-12(6-8-17)16(3)4/h9,12H,5-8H2,1-4H3. The number of hydrogen-bond acceptors (Lipinski definition) is 4. The smallest absolute Gasteiger partial charge is 0.151 e. The first-order valence-corrected chi connectivity index (χ1v) is 6.30. The number of aryl methyl sites for hydroxylation is 2. The Hall–Kier alpha value is -1.16. The van der Waals surface area contributed by atoms with Crippen molar-refractivity contribution in [2.24, 2.45) is 0 Å². The van der Waals surface area contributed by atoms with Crippen LogP contribution >= 0.6 is 0 Å².